The van der Waals surface area contributed by atoms with Crippen LogP contribution in [-0.2, 0) is 14.4 Å². The zero-order valence-corrected chi connectivity index (χ0v) is 9.83. The maximum atomic E-state index is 11.8. The summed E-state index contributed by atoms with van der Waals surface area (Å²) in [5.41, 5.74) is 0.00653. The van der Waals surface area contributed by atoms with Crippen LogP contribution in [0.5, 0.6) is 5.75 Å². The molecule has 6 nitrogen and oxygen atoms in total. The highest BCUT2D eigenvalue weighted by Gasteiger charge is 2.35. The monoisotopic (exact) mass is 251 g/mol. The summed E-state index contributed by atoms with van der Waals surface area (Å²) in [7, 11) is 1.43. The van der Waals surface area contributed by atoms with E-state index in [4.69, 9.17) is 9.57 Å². The molecule has 0 radical (unpaired) electrons. The van der Waals surface area contributed by atoms with E-state index in [0.717, 1.165) is 5.06 Å². The molecule has 1 fully saturated rings. The average molecular weight is 251 g/mol. The van der Waals surface area contributed by atoms with Crippen LogP contribution in [-0.4, -0.2) is 35.4 Å². The molecule has 1 aliphatic heterocycles. The number of para-hydroxylation sites is 1. The predicted molar refractivity (Wildman–Crippen MR) is 60.4 cm³/mol. The number of benzene rings is 1. The maximum Gasteiger partial charge on any atom is 0.367 e. The number of hydroxylamine groups is 2. The minimum absolute atomic E-state index is 0.00653. The molecule has 96 valence electrons. The van der Waals surface area contributed by atoms with E-state index < -0.39 is 12.2 Å². The van der Waals surface area contributed by atoms with Crippen LogP contribution >= 0.6 is 0 Å². The molecule has 0 aliphatic carbocycles. The first-order valence-corrected chi connectivity index (χ1v) is 5.48. The first-order valence-electron chi connectivity index (χ1n) is 5.48. The Morgan fingerprint density at radius 3 is 2.83 bits per heavy atom. The van der Waals surface area contributed by atoms with Gasteiger partial charge >= 0.3 is 5.97 Å². The van der Waals surface area contributed by atoms with Gasteiger partial charge in [0, 0.05) is 20.0 Å². The number of phenolic OH excluding ortho intramolecular Hbond substituents is 1. The third-order valence-electron chi connectivity index (χ3n) is 2.69. The summed E-state index contributed by atoms with van der Waals surface area (Å²) < 4.78 is 5.03. The van der Waals surface area contributed by atoms with E-state index in [1.807, 2.05) is 0 Å². The summed E-state index contributed by atoms with van der Waals surface area (Å²) in [6, 6.07) is 5.97. The number of ether oxygens (including phenoxy) is 1. The average Bonchev–Trinajstić information content (AvgIpc) is 2.71. The Morgan fingerprint density at radius 2 is 2.17 bits per heavy atom. The molecule has 0 saturated carbocycles. The largest absolute Gasteiger partial charge is 0.507 e. The number of carbonyl (C=O) groups is 2. The van der Waals surface area contributed by atoms with Crippen molar-refractivity contribution in [2.75, 3.05) is 7.11 Å². The number of carbonyl (C=O) groups excluding carboxylic acids is 2. The lowest BCUT2D eigenvalue weighted by Crippen LogP contribution is -2.36. The smallest absolute Gasteiger partial charge is 0.367 e. The van der Waals surface area contributed by atoms with E-state index in [0.29, 0.717) is 6.42 Å². The molecule has 1 aliphatic rings. The molecule has 2 rings (SSSR count). The number of aromatic hydroxyl groups is 1. The second-order valence-electron chi connectivity index (χ2n) is 3.84. The van der Waals surface area contributed by atoms with E-state index in [1.54, 1.807) is 12.1 Å². The Bertz CT molecular complexity index is 473. The summed E-state index contributed by atoms with van der Waals surface area (Å²) in [4.78, 5) is 28.3. The van der Waals surface area contributed by atoms with Gasteiger partial charge in [-0.25, -0.2) is 4.79 Å². The second kappa shape index (κ2) is 5.05. The summed E-state index contributed by atoms with van der Waals surface area (Å²) in [5.74, 6) is -1.29. The fraction of sp³-hybridized carbons (Fsp3) is 0.333. The van der Waals surface area contributed by atoms with Gasteiger partial charge in [-0.2, -0.15) is 0 Å². The molecule has 0 aromatic heterocycles. The third-order valence-corrected chi connectivity index (χ3v) is 2.69. The zero-order chi connectivity index (χ0) is 13.1. The quantitative estimate of drug-likeness (QED) is 0.869. The predicted octanol–water partition coefficient (Wildman–Crippen LogP) is 1.06. The number of rotatable bonds is 3. The summed E-state index contributed by atoms with van der Waals surface area (Å²) in [6.07, 6.45) is 0.183. The van der Waals surface area contributed by atoms with Crippen LogP contribution in [0.3, 0.4) is 0 Å². The van der Waals surface area contributed by atoms with Crippen LogP contribution in [0, 0.1) is 0 Å². The minimum Gasteiger partial charge on any atom is -0.507 e. The van der Waals surface area contributed by atoms with Crippen molar-refractivity contribution in [1.82, 2.24) is 5.06 Å². The van der Waals surface area contributed by atoms with E-state index >= 15 is 0 Å². The lowest BCUT2D eigenvalue weighted by Gasteiger charge is -2.21. The van der Waals surface area contributed by atoms with Crippen LogP contribution in [0.2, 0.25) is 0 Å². The number of nitrogens with zero attached hydrogens (tertiary/aromatic N) is 1. The maximum absolute atomic E-state index is 11.8. The molecule has 0 bridgehead atoms. The SMILES string of the molecule is COC1CCC(=O)N1OC(=O)c1ccccc1O. The van der Waals surface area contributed by atoms with Gasteiger partial charge < -0.3 is 14.7 Å². The standard InChI is InChI=1S/C12H13NO5/c1-17-11-7-6-10(15)13(11)18-12(16)8-4-2-3-5-9(8)14/h2-5,11,14H,6-7H2,1H3. The van der Waals surface area contributed by atoms with E-state index in [1.165, 1.54) is 19.2 Å². The van der Waals surface area contributed by atoms with Crippen LogP contribution in [0.1, 0.15) is 23.2 Å². The fourth-order valence-corrected chi connectivity index (χ4v) is 1.74. The first kappa shape index (κ1) is 12.4. The van der Waals surface area contributed by atoms with Gasteiger partial charge in [0.15, 0.2) is 6.23 Å². The second-order valence-corrected chi connectivity index (χ2v) is 3.84. The van der Waals surface area contributed by atoms with Crippen molar-refractivity contribution in [3.63, 3.8) is 0 Å². The van der Waals surface area contributed by atoms with Crippen LogP contribution in [0.4, 0.5) is 0 Å². The van der Waals surface area contributed by atoms with Gasteiger partial charge in [0.05, 0.1) is 0 Å². The zero-order valence-electron chi connectivity index (χ0n) is 9.83. The lowest BCUT2D eigenvalue weighted by molar-refractivity contribution is -0.197. The normalized spacial score (nSPS) is 19.1. The van der Waals surface area contributed by atoms with E-state index in [2.05, 4.69) is 0 Å². The van der Waals surface area contributed by atoms with Gasteiger partial charge in [-0.15, -0.1) is 5.06 Å². The number of hydrogen-bond acceptors (Lipinski definition) is 5. The van der Waals surface area contributed by atoms with Gasteiger partial charge in [0.1, 0.15) is 11.3 Å². The highest BCUT2D eigenvalue weighted by atomic mass is 16.7. The number of phenols is 1. The Balaban J connectivity index is 2.12. The molecule has 1 heterocycles. The van der Waals surface area contributed by atoms with Crippen LogP contribution < -0.4 is 0 Å². The Kier molecular flexibility index (Phi) is 3.47. The van der Waals surface area contributed by atoms with Crippen molar-refractivity contribution >= 4 is 11.9 Å². The molecule has 1 saturated heterocycles. The molecule has 1 unspecified atom stereocenters. The lowest BCUT2D eigenvalue weighted by atomic mass is 10.2. The summed E-state index contributed by atoms with van der Waals surface area (Å²) in [6.45, 7) is 0. The Hall–Kier alpha value is -2.08. The Labute approximate surface area is 104 Å². The molecule has 6 heteroatoms. The van der Waals surface area contributed by atoms with Gasteiger partial charge in [0.2, 0.25) is 0 Å². The third kappa shape index (κ3) is 2.28. The summed E-state index contributed by atoms with van der Waals surface area (Å²) in [5, 5.41) is 10.4. The van der Waals surface area contributed by atoms with Gasteiger partial charge in [-0.05, 0) is 12.1 Å². The molecule has 18 heavy (non-hydrogen) atoms. The molecule has 0 spiro atoms. The highest BCUT2D eigenvalue weighted by molar-refractivity contribution is 5.93. The van der Waals surface area contributed by atoms with Gasteiger partial charge in [-0.1, -0.05) is 12.1 Å². The number of amides is 1. The molecule has 1 aromatic carbocycles. The van der Waals surface area contributed by atoms with Crippen molar-refractivity contribution in [3.8, 4) is 5.75 Å². The van der Waals surface area contributed by atoms with Crippen molar-refractivity contribution in [2.24, 2.45) is 0 Å². The molecule has 1 amide bonds. The molecule has 1 atom stereocenters. The highest BCUT2D eigenvalue weighted by Crippen LogP contribution is 2.22. The molecular formula is C12H13NO5. The fourth-order valence-electron chi connectivity index (χ4n) is 1.74. The summed E-state index contributed by atoms with van der Waals surface area (Å²) >= 11 is 0. The van der Waals surface area contributed by atoms with E-state index in [-0.39, 0.29) is 23.6 Å². The molecule has 1 N–H and O–H groups in total. The Morgan fingerprint density at radius 1 is 1.44 bits per heavy atom. The van der Waals surface area contributed by atoms with Gasteiger partial charge in [-0.3, -0.25) is 4.79 Å². The minimum atomic E-state index is -0.787. The van der Waals surface area contributed by atoms with Crippen molar-refractivity contribution in [3.05, 3.63) is 29.8 Å². The van der Waals surface area contributed by atoms with E-state index in [9.17, 15) is 14.7 Å². The van der Waals surface area contributed by atoms with Crippen LogP contribution in [0.15, 0.2) is 24.3 Å². The van der Waals surface area contributed by atoms with Crippen molar-refractivity contribution in [2.45, 2.75) is 19.1 Å². The first-order chi connectivity index (χ1) is 8.63. The number of hydrogen-bond donors (Lipinski definition) is 1. The van der Waals surface area contributed by atoms with Gasteiger partial charge in [0.25, 0.3) is 5.91 Å². The number of methoxy groups -OCH3 is 1. The van der Waals surface area contributed by atoms with Crippen molar-refractivity contribution < 1.29 is 24.3 Å². The van der Waals surface area contributed by atoms with Crippen LogP contribution in [0.25, 0.3) is 0 Å². The van der Waals surface area contributed by atoms with Crippen molar-refractivity contribution in [1.29, 1.82) is 0 Å². The molecular weight excluding hydrogens is 238 g/mol. The molecule has 1 aromatic rings. The topological polar surface area (TPSA) is 76.1 Å².